The molecule has 0 fully saturated rings. The maximum absolute atomic E-state index is 13.3. The summed E-state index contributed by atoms with van der Waals surface area (Å²) in [5, 5.41) is 0. The van der Waals surface area contributed by atoms with Gasteiger partial charge < -0.3 is 10.6 Å². The fourth-order valence-electron chi connectivity index (χ4n) is 1.39. The molecule has 1 aromatic rings. The van der Waals surface area contributed by atoms with Crippen molar-refractivity contribution in [2.45, 2.75) is 13.5 Å². The standard InChI is InChI=1S/C13H17FN2/c1-3-16(2)10-12-7-11(5-4-6-15)8-13(14)9-12/h7-9H,3,6,10,15H2,1-2H3. The molecule has 1 aromatic carbocycles. The fourth-order valence-corrected chi connectivity index (χ4v) is 1.39. The minimum atomic E-state index is -0.247. The first-order valence-corrected chi connectivity index (χ1v) is 5.32. The molecule has 2 N–H and O–H groups in total. The molecular formula is C13H17FN2. The quantitative estimate of drug-likeness (QED) is 0.784. The Labute approximate surface area is 96.3 Å². The van der Waals surface area contributed by atoms with Crippen molar-refractivity contribution in [2.75, 3.05) is 20.1 Å². The highest BCUT2D eigenvalue weighted by atomic mass is 19.1. The molecule has 0 aromatic heterocycles. The van der Waals surface area contributed by atoms with E-state index < -0.39 is 0 Å². The SMILES string of the molecule is CCN(C)Cc1cc(F)cc(C#CCN)c1. The van der Waals surface area contributed by atoms with Crippen LogP contribution in [0.25, 0.3) is 0 Å². The highest BCUT2D eigenvalue weighted by Crippen LogP contribution is 2.10. The van der Waals surface area contributed by atoms with E-state index in [1.165, 1.54) is 6.07 Å². The zero-order valence-electron chi connectivity index (χ0n) is 9.76. The van der Waals surface area contributed by atoms with Gasteiger partial charge in [-0.3, -0.25) is 0 Å². The molecule has 0 radical (unpaired) electrons. The van der Waals surface area contributed by atoms with Crippen molar-refractivity contribution >= 4 is 0 Å². The molecular weight excluding hydrogens is 203 g/mol. The summed E-state index contributed by atoms with van der Waals surface area (Å²) in [6.45, 7) is 4.01. The maximum atomic E-state index is 13.3. The van der Waals surface area contributed by atoms with Crippen molar-refractivity contribution in [3.63, 3.8) is 0 Å². The molecule has 3 heteroatoms. The third kappa shape index (κ3) is 4.01. The van der Waals surface area contributed by atoms with Crippen LogP contribution in [0.3, 0.4) is 0 Å². The highest BCUT2D eigenvalue weighted by Gasteiger charge is 2.01. The Kier molecular flexibility index (Phi) is 4.97. The third-order valence-electron chi connectivity index (χ3n) is 2.28. The van der Waals surface area contributed by atoms with E-state index in [4.69, 9.17) is 5.73 Å². The summed E-state index contributed by atoms with van der Waals surface area (Å²) in [5.41, 5.74) is 6.90. The summed E-state index contributed by atoms with van der Waals surface area (Å²) < 4.78 is 13.3. The van der Waals surface area contributed by atoms with Gasteiger partial charge in [0.15, 0.2) is 0 Å². The molecule has 2 nitrogen and oxygen atoms in total. The lowest BCUT2D eigenvalue weighted by atomic mass is 10.1. The molecule has 86 valence electrons. The van der Waals surface area contributed by atoms with Crippen molar-refractivity contribution < 1.29 is 4.39 Å². The molecule has 0 amide bonds. The minimum absolute atomic E-state index is 0.247. The van der Waals surface area contributed by atoms with E-state index in [1.807, 2.05) is 13.1 Å². The minimum Gasteiger partial charge on any atom is -0.320 e. The number of nitrogens with zero attached hydrogens (tertiary/aromatic N) is 1. The molecule has 0 aliphatic rings. The van der Waals surface area contributed by atoms with Crippen molar-refractivity contribution in [2.24, 2.45) is 5.73 Å². The van der Waals surface area contributed by atoms with Gasteiger partial charge >= 0.3 is 0 Å². The van der Waals surface area contributed by atoms with Gasteiger partial charge in [-0.25, -0.2) is 4.39 Å². The van der Waals surface area contributed by atoms with Crippen LogP contribution in [0, 0.1) is 17.7 Å². The van der Waals surface area contributed by atoms with Crippen LogP contribution in [0.1, 0.15) is 18.1 Å². The maximum Gasteiger partial charge on any atom is 0.124 e. The van der Waals surface area contributed by atoms with E-state index in [2.05, 4.69) is 23.7 Å². The van der Waals surface area contributed by atoms with Crippen LogP contribution < -0.4 is 5.73 Å². The monoisotopic (exact) mass is 220 g/mol. The highest BCUT2D eigenvalue weighted by molar-refractivity contribution is 5.37. The Morgan fingerprint density at radius 1 is 1.38 bits per heavy atom. The van der Waals surface area contributed by atoms with E-state index in [0.717, 1.165) is 18.7 Å². The number of rotatable bonds is 3. The van der Waals surface area contributed by atoms with Gasteiger partial charge in [-0.1, -0.05) is 18.8 Å². The number of hydrogen-bond acceptors (Lipinski definition) is 2. The van der Waals surface area contributed by atoms with Gasteiger partial charge in [0.1, 0.15) is 5.82 Å². The van der Waals surface area contributed by atoms with E-state index in [9.17, 15) is 4.39 Å². The predicted molar refractivity (Wildman–Crippen MR) is 64.3 cm³/mol. The van der Waals surface area contributed by atoms with Crippen LogP contribution in [-0.4, -0.2) is 25.0 Å². The first kappa shape index (κ1) is 12.7. The largest absolute Gasteiger partial charge is 0.320 e. The second kappa shape index (κ2) is 6.26. The van der Waals surface area contributed by atoms with Crippen LogP contribution in [0.2, 0.25) is 0 Å². The van der Waals surface area contributed by atoms with Crippen LogP contribution in [-0.2, 0) is 6.54 Å². The predicted octanol–water partition coefficient (Wildman–Crippen LogP) is 1.59. The first-order chi connectivity index (χ1) is 7.65. The Hall–Kier alpha value is -1.37. The zero-order valence-corrected chi connectivity index (χ0v) is 9.76. The molecule has 0 spiro atoms. The number of hydrogen-bond donors (Lipinski definition) is 1. The molecule has 0 unspecified atom stereocenters. The topological polar surface area (TPSA) is 29.3 Å². The molecule has 0 aliphatic heterocycles. The fraction of sp³-hybridized carbons (Fsp3) is 0.385. The molecule has 0 saturated carbocycles. The van der Waals surface area contributed by atoms with Crippen molar-refractivity contribution in [3.05, 3.63) is 35.1 Å². The summed E-state index contributed by atoms with van der Waals surface area (Å²) in [4.78, 5) is 2.11. The second-order valence-corrected chi connectivity index (χ2v) is 3.68. The van der Waals surface area contributed by atoms with Crippen molar-refractivity contribution in [3.8, 4) is 11.8 Å². The van der Waals surface area contributed by atoms with Gasteiger partial charge in [-0.2, -0.15) is 0 Å². The van der Waals surface area contributed by atoms with Gasteiger partial charge in [-0.15, -0.1) is 0 Å². The third-order valence-corrected chi connectivity index (χ3v) is 2.28. The summed E-state index contributed by atoms with van der Waals surface area (Å²) in [7, 11) is 2.00. The molecule has 0 atom stereocenters. The molecule has 0 bridgehead atoms. The van der Waals surface area contributed by atoms with E-state index in [-0.39, 0.29) is 5.82 Å². The van der Waals surface area contributed by atoms with Crippen LogP contribution >= 0.6 is 0 Å². The summed E-state index contributed by atoms with van der Waals surface area (Å²) in [5.74, 6) is 5.32. The zero-order chi connectivity index (χ0) is 12.0. The van der Waals surface area contributed by atoms with Crippen molar-refractivity contribution in [1.29, 1.82) is 0 Å². The Morgan fingerprint density at radius 2 is 2.12 bits per heavy atom. The molecule has 1 rings (SSSR count). The molecule has 0 heterocycles. The lowest BCUT2D eigenvalue weighted by molar-refractivity contribution is 0.345. The lowest BCUT2D eigenvalue weighted by Crippen LogP contribution is -2.16. The summed E-state index contributed by atoms with van der Waals surface area (Å²) in [6.07, 6.45) is 0. The molecule has 0 saturated heterocycles. The number of benzene rings is 1. The van der Waals surface area contributed by atoms with E-state index in [1.54, 1.807) is 6.07 Å². The summed E-state index contributed by atoms with van der Waals surface area (Å²) in [6, 6.07) is 4.87. The van der Waals surface area contributed by atoms with Gasteiger partial charge in [0.25, 0.3) is 0 Å². The Balaban J connectivity index is 2.89. The van der Waals surface area contributed by atoms with E-state index >= 15 is 0 Å². The Bertz CT molecular complexity index is 404. The molecule has 16 heavy (non-hydrogen) atoms. The average molecular weight is 220 g/mol. The van der Waals surface area contributed by atoms with Gasteiger partial charge in [0.05, 0.1) is 6.54 Å². The van der Waals surface area contributed by atoms with Crippen molar-refractivity contribution in [1.82, 2.24) is 4.90 Å². The first-order valence-electron chi connectivity index (χ1n) is 5.32. The van der Waals surface area contributed by atoms with E-state index in [0.29, 0.717) is 12.1 Å². The van der Waals surface area contributed by atoms with Crippen LogP contribution in [0.5, 0.6) is 0 Å². The number of halogens is 1. The molecule has 0 aliphatic carbocycles. The summed E-state index contributed by atoms with van der Waals surface area (Å²) >= 11 is 0. The average Bonchev–Trinajstić information content (AvgIpc) is 2.25. The van der Waals surface area contributed by atoms with Crippen LogP contribution in [0.15, 0.2) is 18.2 Å². The van der Waals surface area contributed by atoms with Gasteiger partial charge in [0, 0.05) is 12.1 Å². The number of nitrogens with two attached hydrogens (primary N) is 1. The van der Waals surface area contributed by atoms with Gasteiger partial charge in [-0.05, 0) is 37.4 Å². The lowest BCUT2D eigenvalue weighted by Gasteiger charge is -2.13. The second-order valence-electron chi connectivity index (χ2n) is 3.68. The Morgan fingerprint density at radius 3 is 2.75 bits per heavy atom. The normalized spacial score (nSPS) is 10.1. The van der Waals surface area contributed by atoms with Gasteiger partial charge in [0.2, 0.25) is 0 Å². The van der Waals surface area contributed by atoms with Crippen LogP contribution in [0.4, 0.5) is 4.39 Å². The smallest absolute Gasteiger partial charge is 0.124 e.